The van der Waals surface area contributed by atoms with Crippen molar-refractivity contribution in [3.8, 4) is 5.75 Å². The van der Waals surface area contributed by atoms with Gasteiger partial charge in [-0.25, -0.2) is 0 Å². The Kier molecular flexibility index (Phi) is 5.47. The Morgan fingerprint density at radius 2 is 1.90 bits per heavy atom. The van der Waals surface area contributed by atoms with E-state index in [-0.39, 0.29) is 17.7 Å². The average molecular weight is 415 g/mol. The van der Waals surface area contributed by atoms with Gasteiger partial charge in [-0.05, 0) is 43.9 Å². The predicted molar refractivity (Wildman–Crippen MR) is 115 cm³/mol. The van der Waals surface area contributed by atoms with Gasteiger partial charge in [-0.2, -0.15) is 0 Å². The third-order valence-corrected chi connectivity index (χ3v) is 7.08. The van der Waals surface area contributed by atoms with Crippen LogP contribution in [0.2, 0.25) is 0 Å². The largest absolute Gasteiger partial charge is 0.506 e. The van der Waals surface area contributed by atoms with Crippen molar-refractivity contribution in [2.75, 3.05) is 36.4 Å². The molecule has 4 N–H and O–H groups in total. The molecule has 2 aliphatic rings. The Balaban J connectivity index is 1.40. The highest BCUT2D eigenvalue weighted by Gasteiger charge is 2.30. The summed E-state index contributed by atoms with van der Waals surface area (Å²) in [6.07, 6.45) is 2.83. The SMILES string of the molecule is C[C@H](C(=O)Nc1sc2c(c1C(N)=O)CCC2)N1CCN(c2ccccc2O)CC1. The topological polar surface area (TPSA) is 98.9 Å². The molecule has 1 aliphatic carbocycles. The van der Waals surface area contributed by atoms with Gasteiger partial charge in [0.05, 0.1) is 17.3 Å². The van der Waals surface area contributed by atoms with Crippen LogP contribution in [-0.2, 0) is 17.6 Å². The van der Waals surface area contributed by atoms with Gasteiger partial charge in [0, 0.05) is 31.1 Å². The number of nitrogens with zero attached hydrogens (tertiary/aromatic N) is 2. The Morgan fingerprint density at radius 3 is 2.59 bits per heavy atom. The van der Waals surface area contributed by atoms with Crippen LogP contribution in [0.15, 0.2) is 24.3 Å². The van der Waals surface area contributed by atoms with Gasteiger partial charge in [0.15, 0.2) is 0 Å². The number of nitrogens with two attached hydrogens (primary N) is 1. The maximum atomic E-state index is 12.9. The number of phenols is 1. The summed E-state index contributed by atoms with van der Waals surface area (Å²) in [5.74, 6) is -0.316. The number of piperazine rings is 1. The lowest BCUT2D eigenvalue weighted by Crippen LogP contribution is -2.52. The number of rotatable bonds is 5. The molecule has 0 spiro atoms. The fourth-order valence-electron chi connectivity index (χ4n) is 4.22. The zero-order valence-corrected chi connectivity index (χ0v) is 17.3. The summed E-state index contributed by atoms with van der Waals surface area (Å²) in [5, 5.41) is 13.6. The average Bonchev–Trinajstić information content (AvgIpc) is 3.28. The number of anilines is 2. The lowest BCUT2D eigenvalue weighted by molar-refractivity contribution is -0.120. The van der Waals surface area contributed by atoms with Crippen molar-refractivity contribution in [2.24, 2.45) is 5.73 Å². The molecule has 1 atom stereocenters. The Bertz CT molecular complexity index is 934. The van der Waals surface area contributed by atoms with E-state index in [1.807, 2.05) is 25.1 Å². The molecule has 1 aliphatic heterocycles. The summed E-state index contributed by atoms with van der Waals surface area (Å²) in [4.78, 5) is 30.2. The van der Waals surface area contributed by atoms with E-state index in [0.717, 1.165) is 48.5 Å². The van der Waals surface area contributed by atoms with E-state index in [1.165, 1.54) is 11.3 Å². The van der Waals surface area contributed by atoms with E-state index < -0.39 is 5.91 Å². The van der Waals surface area contributed by atoms with Gasteiger partial charge in [-0.3, -0.25) is 14.5 Å². The molecule has 4 rings (SSSR count). The van der Waals surface area contributed by atoms with Gasteiger partial charge in [0.2, 0.25) is 5.91 Å². The van der Waals surface area contributed by atoms with E-state index in [2.05, 4.69) is 15.1 Å². The second kappa shape index (κ2) is 8.04. The first-order chi connectivity index (χ1) is 14.0. The number of aryl methyl sites for hydroxylation is 1. The molecule has 0 radical (unpaired) electrons. The van der Waals surface area contributed by atoms with Gasteiger partial charge >= 0.3 is 0 Å². The molecular formula is C21H26N4O3S. The molecular weight excluding hydrogens is 388 g/mol. The molecule has 2 amide bonds. The molecule has 8 heteroatoms. The highest BCUT2D eigenvalue weighted by atomic mass is 32.1. The lowest BCUT2D eigenvalue weighted by atomic mass is 10.1. The van der Waals surface area contributed by atoms with Crippen molar-refractivity contribution < 1.29 is 14.7 Å². The van der Waals surface area contributed by atoms with E-state index in [1.54, 1.807) is 6.07 Å². The lowest BCUT2D eigenvalue weighted by Gasteiger charge is -2.38. The molecule has 1 saturated heterocycles. The summed E-state index contributed by atoms with van der Waals surface area (Å²) in [7, 11) is 0. The first-order valence-corrected chi connectivity index (χ1v) is 10.8. The van der Waals surface area contributed by atoms with Crippen molar-refractivity contribution in [3.63, 3.8) is 0 Å². The Labute approximate surface area is 174 Å². The fraction of sp³-hybridized carbons (Fsp3) is 0.429. The van der Waals surface area contributed by atoms with Crippen molar-refractivity contribution >= 4 is 33.8 Å². The van der Waals surface area contributed by atoms with Crippen LogP contribution in [0.5, 0.6) is 5.75 Å². The molecule has 1 aromatic heterocycles. The molecule has 29 heavy (non-hydrogen) atoms. The van der Waals surface area contributed by atoms with Gasteiger partial charge in [-0.15, -0.1) is 11.3 Å². The fourth-order valence-corrected chi connectivity index (χ4v) is 5.51. The first kappa shape index (κ1) is 19.7. The molecule has 2 aromatic rings. The second-order valence-corrected chi connectivity index (χ2v) is 8.71. The monoisotopic (exact) mass is 414 g/mol. The van der Waals surface area contributed by atoms with Crippen molar-refractivity contribution in [2.45, 2.75) is 32.2 Å². The van der Waals surface area contributed by atoms with E-state index >= 15 is 0 Å². The number of amides is 2. The van der Waals surface area contributed by atoms with E-state index in [0.29, 0.717) is 23.7 Å². The highest BCUT2D eigenvalue weighted by Crippen LogP contribution is 2.39. The maximum absolute atomic E-state index is 12.9. The van der Waals surface area contributed by atoms with Gasteiger partial charge in [0.25, 0.3) is 5.91 Å². The van der Waals surface area contributed by atoms with Crippen LogP contribution in [0, 0.1) is 0 Å². The number of hydrogen-bond donors (Lipinski definition) is 3. The molecule has 1 fully saturated rings. The van der Waals surface area contributed by atoms with Crippen LogP contribution >= 0.6 is 11.3 Å². The third-order valence-electron chi connectivity index (χ3n) is 5.87. The predicted octanol–water partition coefficient (Wildman–Crippen LogP) is 2.19. The van der Waals surface area contributed by atoms with Crippen LogP contribution in [0.3, 0.4) is 0 Å². The molecule has 2 heterocycles. The van der Waals surface area contributed by atoms with Crippen LogP contribution < -0.4 is 16.0 Å². The number of phenolic OH excluding ortho intramolecular Hbond substituents is 1. The summed E-state index contributed by atoms with van der Waals surface area (Å²) in [5.41, 5.74) is 7.92. The van der Waals surface area contributed by atoms with Gasteiger partial charge < -0.3 is 21.1 Å². The molecule has 7 nitrogen and oxygen atoms in total. The number of aromatic hydroxyl groups is 1. The standard InChI is InChI=1S/C21H26N4O3S/c1-13(24-9-11-25(12-10-24)15-6-2-3-7-16(15)26)20(28)23-21-18(19(22)27)14-5-4-8-17(14)29-21/h2-3,6-7,13,26H,4-5,8-12H2,1H3,(H2,22,27)(H,23,28)/t13-/m1/s1. The summed E-state index contributed by atoms with van der Waals surface area (Å²) < 4.78 is 0. The van der Waals surface area contributed by atoms with Gasteiger partial charge in [-0.1, -0.05) is 12.1 Å². The number of benzene rings is 1. The van der Waals surface area contributed by atoms with Gasteiger partial charge in [0.1, 0.15) is 10.8 Å². The Morgan fingerprint density at radius 1 is 1.17 bits per heavy atom. The molecule has 0 unspecified atom stereocenters. The Hall–Kier alpha value is -2.58. The zero-order chi connectivity index (χ0) is 20.5. The normalized spacial score (nSPS) is 17.8. The molecule has 1 aromatic carbocycles. The molecule has 154 valence electrons. The minimum atomic E-state index is -0.469. The summed E-state index contributed by atoms with van der Waals surface area (Å²) >= 11 is 1.48. The number of carbonyl (C=O) groups is 2. The number of fused-ring (bicyclic) bond motifs is 1. The number of nitrogens with one attached hydrogen (secondary N) is 1. The number of para-hydroxylation sites is 2. The van der Waals surface area contributed by atoms with Crippen molar-refractivity contribution in [3.05, 3.63) is 40.3 Å². The van der Waals surface area contributed by atoms with Crippen LogP contribution in [0.4, 0.5) is 10.7 Å². The number of hydrogen-bond acceptors (Lipinski definition) is 6. The second-order valence-electron chi connectivity index (χ2n) is 7.60. The van der Waals surface area contributed by atoms with E-state index in [4.69, 9.17) is 5.73 Å². The van der Waals surface area contributed by atoms with Crippen molar-refractivity contribution in [1.29, 1.82) is 0 Å². The van der Waals surface area contributed by atoms with Crippen LogP contribution in [0.1, 0.15) is 34.1 Å². The molecule has 0 bridgehead atoms. The maximum Gasteiger partial charge on any atom is 0.251 e. The van der Waals surface area contributed by atoms with Crippen molar-refractivity contribution in [1.82, 2.24) is 4.90 Å². The minimum Gasteiger partial charge on any atom is -0.506 e. The number of carbonyl (C=O) groups excluding carboxylic acids is 2. The minimum absolute atomic E-state index is 0.122. The highest BCUT2D eigenvalue weighted by molar-refractivity contribution is 7.17. The summed E-state index contributed by atoms with van der Waals surface area (Å²) in [6.45, 7) is 4.78. The first-order valence-electron chi connectivity index (χ1n) is 9.98. The molecule has 0 saturated carbocycles. The number of thiophene rings is 1. The quantitative estimate of drug-likeness (QED) is 0.697. The summed E-state index contributed by atoms with van der Waals surface area (Å²) in [6, 6.07) is 6.99. The third kappa shape index (κ3) is 3.82. The van der Waals surface area contributed by atoms with Crippen LogP contribution in [-0.4, -0.2) is 54.0 Å². The number of primary amides is 1. The zero-order valence-electron chi connectivity index (χ0n) is 16.5. The van der Waals surface area contributed by atoms with E-state index in [9.17, 15) is 14.7 Å². The smallest absolute Gasteiger partial charge is 0.251 e. The van der Waals surface area contributed by atoms with Crippen LogP contribution in [0.25, 0.3) is 0 Å².